The predicted molar refractivity (Wildman–Crippen MR) is 74.9 cm³/mol. The largest absolute Gasteiger partial charge is 0.508 e. The maximum Gasteiger partial charge on any atom is 0.240 e. The van der Waals surface area contributed by atoms with E-state index in [1.165, 1.54) is 0 Å². The number of aromatic hydroxyl groups is 1. The number of nitrogens with one attached hydrogen (secondary N) is 1. The Morgan fingerprint density at radius 2 is 2.37 bits per heavy atom. The molecule has 1 aliphatic heterocycles. The average molecular weight is 262 g/mol. The molecule has 1 amide bonds. The first kappa shape index (κ1) is 13.9. The number of nitrogens with zero attached hydrogens (tertiary/aromatic N) is 1. The average Bonchev–Trinajstić information content (AvgIpc) is 2.93. The molecular formula is C15H22N2O2. The third-order valence-corrected chi connectivity index (χ3v) is 3.80. The first-order chi connectivity index (χ1) is 9.13. The van der Waals surface area contributed by atoms with Gasteiger partial charge in [-0.15, -0.1) is 0 Å². The second kappa shape index (κ2) is 6.06. The highest BCUT2D eigenvalue weighted by molar-refractivity contribution is 5.82. The van der Waals surface area contributed by atoms with E-state index < -0.39 is 0 Å². The Bertz CT molecular complexity index is 442. The Balaban J connectivity index is 2.14. The summed E-state index contributed by atoms with van der Waals surface area (Å²) >= 11 is 0. The van der Waals surface area contributed by atoms with E-state index >= 15 is 0 Å². The van der Waals surface area contributed by atoms with E-state index in [9.17, 15) is 9.90 Å². The highest BCUT2D eigenvalue weighted by atomic mass is 16.3. The van der Waals surface area contributed by atoms with Gasteiger partial charge in [-0.3, -0.25) is 4.79 Å². The van der Waals surface area contributed by atoms with Crippen molar-refractivity contribution in [3.8, 4) is 5.75 Å². The van der Waals surface area contributed by atoms with Crippen LogP contribution in [-0.2, 0) is 4.79 Å². The molecule has 1 saturated heterocycles. The summed E-state index contributed by atoms with van der Waals surface area (Å²) in [5.74, 6) is 0.405. The van der Waals surface area contributed by atoms with Gasteiger partial charge in [0.25, 0.3) is 0 Å². The van der Waals surface area contributed by atoms with Crippen molar-refractivity contribution in [3.63, 3.8) is 0 Å². The van der Waals surface area contributed by atoms with Gasteiger partial charge >= 0.3 is 0 Å². The fourth-order valence-electron chi connectivity index (χ4n) is 2.68. The Labute approximate surface area is 114 Å². The minimum absolute atomic E-state index is 0.0213. The van der Waals surface area contributed by atoms with Crippen molar-refractivity contribution in [1.29, 1.82) is 0 Å². The van der Waals surface area contributed by atoms with Gasteiger partial charge in [0.1, 0.15) is 5.75 Å². The number of likely N-dealkylation sites (N-methyl/N-ethyl adjacent to an activating group) is 1. The summed E-state index contributed by atoms with van der Waals surface area (Å²) < 4.78 is 0. The molecule has 0 radical (unpaired) electrons. The number of rotatable bonds is 4. The molecule has 1 aliphatic rings. The Morgan fingerprint density at radius 1 is 1.58 bits per heavy atom. The molecule has 1 fully saturated rings. The molecule has 1 aromatic rings. The number of hydrogen-bond donors (Lipinski definition) is 2. The zero-order valence-corrected chi connectivity index (χ0v) is 11.6. The lowest BCUT2D eigenvalue weighted by Crippen LogP contribution is -2.44. The standard InChI is InChI=1S/C15H22N2O2/c1-3-17(15(19)14-8-5-9-16-14)11(2)12-6-4-7-13(18)10-12/h4,6-7,10-11,14,16,18H,3,5,8-9H2,1-2H3/t11?,14-/m1/s1. The molecule has 19 heavy (non-hydrogen) atoms. The van der Waals surface area contributed by atoms with Crippen LogP contribution >= 0.6 is 0 Å². The van der Waals surface area contributed by atoms with Gasteiger partial charge in [-0.25, -0.2) is 0 Å². The van der Waals surface area contributed by atoms with Gasteiger partial charge in [0, 0.05) is 6.54 Å². The third kappa shape index (κ3) is 3.07. The minimum Gasteiger partial charge on any atom is -0.508 e. The zero-order chi connectivity index (χ0) is 13.8. The molecule has 4 heteroatoms. The van der Waals surface area contributed by atoms with E-state index in [0.717, 1.165) is 24.9 Å². The van der Waals surface area contributed by atoms with Crippen LogP contribution < -0.4 is 5.32 Å². The number of hydrogen-bond acceptors (Lipinski definition) is 3. The number of phenols is 1. The molecule has 104 valence electrons. The summed E-state index contributed by atoms with van der Waals surface area (Å²) in [6.45, 7) is 5.60. The number of amides is 1. The van der Waals surface area contributed by atoms with Crippen molar-refractivity contribution in [1.82, 2.24) is 10.2 Å². The van der Waals surface area contributed by atoms with E-state index in [2.05, 4.69) is 5.32 Å². The van der Waals surface area contributed by atoms with Crippen LogP contribution in [0.2, 0.25) is 0 Å². The molecule has 1 heterocycles. The number of carbonyl (C=O) groups is 1. The van der Waals surface area contributed by atoms with E-state index in [-0.39, 0.29) is 23.7 Å². The third-order valence-electron chi connectivity index (χ3n) is 3.80. The van der Waals surface area contributed by atoms with Crippen LogP contribution in [-0.4, -0.2) is 35.0 Å². The smallest absolute Gasteiger partial charge is 0.240 e. The second-order valence-corrected chi connectivity index (χ2v) is 5.04. The van der Waals surface area contributed by atoms with Crippen LogP contribution in [0.25, 0.3) is 0 Å². The summed E-state index contributed by atoms with van der Waals surface area (Å²) in [6, 6.07) is 7.07. The second-order valence-electron chi connectivity index (χ2n) is 5.04. The van der Waals surface area contributed by atoms with Gasteiger partial charge in [-0.05, 0) is 50.9 Å². The Kier molecular flexibility index (Phi) is 4.43. The lowest BCUT2D eigenvalue weighted by Gasteiger charge is -2.30. The lowest BCUT2D eigenvalue weighted by molar-refractivity contribution is -0.135. The SMILES string of the molecule is CCN(C(=O)[C@H]1CCCN1)C(C)c1cccc(O)c1. The van der Waals surface area contributed by atoms with E-state index in [1.54, 1.807) is 12.1 Å². The van der Waals surface area contributed by atoms with Gasteiger partial charge in [0.2, 0.25) is 5.91 Å². The van der Waals surface area contributed by atoms with Gasteiger partial charge in [-0.1, -0.05) is 12.1 Å². The highest BCUT2D eigenvalue weighted by Gasteiger charge is 2.29. The van der Waals surface area contributed by atoms with Crippen molar-refractivity contribution < 1.29 is 9.90 Å². The molecule has 0 saturated carbocycles. The molecular weight excluding hydrogens is 240 g/mol. The first-order valence-corrected chi connectivity index (χ1v) is 6.96. The molecule has 2 N–H and O–H groups in total. The lowest BCUT2D eigenvalue weighted by atomic mass is 10.0. The quantitative estimate of drug-likeness (QED) is 0.873. The van der Waals surface area contributed by atoms with Crippen LogP contribution in [0, 0.1) is 0 Å². The summed E-state index contributed by atoms with van der Waals surface area (Å²) in [4.78, 5) is 14.3. The molecule has 1 aromatic carbocycles. The van der Waals surface area contributed by atoms with Crippen LogP contribution in [0.3, 0.4) is 0 Å². The topological polar surface area (TPSA) is 52.6 Å². The normalized spacial score (nSPS) is 20.2. The van der Waals surface area contributed by atoms with E-state index in [1.807, 2.05) is 30.9 Å². The predicted octanol–water partition coefficient (Wildman–Crippen LogP) is 2.05. The van der Waals surface area contributed by atoms with Crippen molar-refractivity contribution in [3.05, 3.63) is 29.8 Å². The van der Waals surface area contributed by atoms with Gasteiger partial charge in [0.05, 0.1) is 12.1 Å². The Morgan fingerprint density at radius 3 is 2.95 bits per heavy atom. The summed E-state index contributed by atoms with van der Waals surface area (Å²) in [5.41, 5.74) is 0.966. The highest BCUT2D eigenvalue weighted by Crippen LogP contribution is 2.24. The summed E-state index contributed by atoms with van der Waals surface area (Å²) in [7, 11) is 0. The first-order valence-electron chi connectivity index (χ1n) is 6.96. The molecule has 1 unspecified atom stereocenters. The molecule has 0 spiro atoms. The van der Waals surface area contributed by atoms with Crippen LogP contribution in [0.1, 0.15) is 38.3 Å². The van der Waals surface area contributed by atoms with Gasteiger partial charge < -0.3 is 15.3 Å². The van der Waals surface area contributed by atoms with Crippen LogP contribution in [0.15, 0.2) is 24.3 Å². The van der Waals surface area contributed by atoms with Crippen molar-refractivity contribution in [2.45, 2.75) is 38.8 Å². The monoisotopic (exact) mass is 262 g/mol. The van der Waals surface area contributed by atoms with Crippen molar-refractivity contribution in [2.75, 3.05) is 13.1 Å². The van der Waals surface area contributed by atoms with E-state index in [4.69, 9.17) is 0 Å². The van der Waals surface area contributed by atoms with Crippen LogP contribution in [0.5, 0.6) is 5.75 Å². The van der Waals surface area contributed by atoms with Gasteiger partial charge in [0.15, 0.2) is 0 Å². The summed E-state index contributed by atoms with van der Waals surface area (Å²) in [6.07, 6.45) is 1.98. The number of benzene rings is 1. The number of phenolic OH excluding ortho intramolecular Hbond substituents is 1. The molecule has 2 rings (SSSR count). The molecule has 4 nitrogen and oxygen atoms in total. The molecule has 2 atom stereocenters. The van der Waals surface area contributed by atoms with Gasteiger partial charge in [-0.2, -0.15) is 0 Å². The molecule has 0 aromatic heterocycles. The van der Waals surface area contributed by atoms with Crippen molar-refractivity contribution >= 4 is 5.91 Å². The molecule has 0 bridgehead atoms. The minimum atomic E-state index is -0.0419. The van der Waals surface area contributed by atoms with Crippen molar-refractivity contribution in [2.24, 2.45) is 0 Å². The Hall–Kier alpha value is -1.55. The fraction of sp³-hybridized carbons (Fsp3) is 0.533. The number of carbonyl (C=O) groups excluding carboxylic acids is 1. The maximum atomic E-state index is 12.5. The van der Waals surface area contributed by atoms with Crippen LogP contribution in [0.4, 0.5) is 0 Å². The maximum absolute atomic E-state index is 12.5. The zero-order valence-electron chi connectivity index (χ0n) is 11.6. The fourth-order valence-corrected chi connectivity index (χ4v) is 2.68. The molecule has 0 aliphatic carbocycles. The van der Waals surface area contributed by atoms with E-state index in [0.29, 0.717) is 6.54 Å². The summed E-state index contributed by atoms with van der Waals surface area (Å²) in [5, 5.41) is 12.8.